The molecule has 4 heteroatoms. The van der Waals surface area contributed by atoms with Crippen LogP contribution in [0.5, 0.6) is 5.75 Å². The lowest BCUT2D eigenvalue weighted by Crippen LogP contribution is -2.48. The maximum Gasteiger partial charge on any atom is 0.268 e. The SMILES string of the molecule is CC(C)C1Oc2ccc(C(C)(C)C)cc2N(CCC#N)C1=O. The topological polar surface area (TPSA) is 53.3 Å². The highest BCUT2D eigenvalue weighted by molar-refractivity contribution is 6.00. The normalized spacial score (nSPS) is 18.0. The number of nitriles is 1. The molecular weight excluding hydrogens is 276 g/mol. The highest BCUT2D eigenvalue weighted by Crippen LogP contribution is 2.39. The molecule has 0 fully saturated rings. The zero-order valence-corrected chi connectivity index (χ0v) is 14.0. The average Bonchev–Trinajstić information content (AvgIpc) is 2.44. The molecule has 0 radical (unpaired) electrons. The molecule has 118 valence electrons. The number of carbonyl (C=O) groups excluding carboxylic acids is 1. The van der Waals surface area contributed by atoms with Crippen molar-refractivity contribution in [1.29, 1.82) is 5.26 Å². The quantitative estimate of drug-likeness (QED) is 0.856. The first kappa shape index (κ1) is 16.4. The molecular formula is C18H24N2O2. The number of amides is 1. The molecule has 1 atom stereocenters. The summed E-state index contributed by atoms with van der Waals surface area (Å²) in [6, 6.07) is 8.13. The number of ether oxygens (including phenoxy) is 1. The van der Waals surface area contributed by atoms with E-state index in [0.717, 1.165) is 17.0 Å². The maximum atomic E-state index is 12.7. The first-order valence-electron chi connectivity index (χ1n) is 7.75. The number of hydrogen-bond acceptors (Lipinski definition) is 3. The molecule has 0 spiro atoms. The minimum Gasteiger partial charge on any atom is -0.478 e. The van der Waals surface area contributed by atoms with Gasteiger partial charge in [-0.1, -0.05) is 40.7 Å². The number of benzene rings is 1. The van der Waals surface area contributed by atoms with Gasteiger partial charge in [-0.05, 0) is 29.0 Å². The Kier molecular flexibility index (Phi) is 4.46. The summed E-state index contributed by atoms with van der Waals surface area (Å²) in [5.74, 6) is 0.764. The van der Waals surface area contributed by atoms with Gasteiger partial charge >= 0.3 is 0 Å². The van der Waals surface area contributed by atoms with E-state index >= 15 is 0 Å². The van der Waals surface area contributed by atoms with Crippen molar-refractivity contribution in [3.8, 4) is 11.8 Å². The molecule has 0 saturated heterocycles. The molecule has 0 bridgehead atoms. The van der Waals surface area contributed by atoms with E-state index < -0.39 is 6.10 Å². The highest BCUT2D eigenvalue weighted by Gasteiger charge is 2.36. The van der Waals surface area contributed by atoms with Crippen LogP contribution in [0.4, 0.5) is 5.69 Å². The molecule has 1 amide bonds. The lowest BCUT2D eigenvalue weighted by Gasteiger charge is -2.36. The summed E-state index contributed by atoms with van der Waals surface area (Å²) in [5.41, 5.74) is 1.92. The van der Waals surface area contributed by atoms with Crippen LogP contribution in [0, 0.1) is 17.2 Å². The van der Waals surface area contributed by atoms with E-state index in [4.69, 9.17) is 10.00 Å². The van der Waals surface area contributed by atoms with Crippen molar-refractivity contribution >= 4 is 11.6 Å². The predicted octanol–water partition coefficient (Wildman–Crippen LogP) is 3.65. The number of anilines is 1. The minimum absolute atomic E-state index is 0.00608. The van der Waals surface area contributed by atoms with Crippen molar-refractivity contribution in [3.63, 3.8) is 0 Å². The highest BCUT2D eigenvalue weighted by atomic mass is 16.5. The minimum atomic E-state index is -0.480. The second-order valence-electron chi connectivity index (χ2n) is 7.11. The first-order valence-corrected chi connectivity index (χ1v) is 7.75. The van der Waals surface area contributed by atoms with E-state index in [-0.39, 0.29) is 17.2 Å². The third-order valence-corrected chi connectivity index (χ3v) is 3.93. The molecule has 0 saturated carbocycles. The summed E-state index contributed by atoms with van der Waals surface area (Å²) >= 11 is 0. The maximum absolute atomic E-state index is 12.7. The molecule has 2 rings (SSSR count). The van der Waals surface area contributed by atoms with Crippen LogP contribution < -0.4 is 9.64 Å². The largest absolute Gasteiger partial charge is 0.478 e. The van der Waals surface area contributed by atoms with Crippen molar-refractivity contribution in [2.75, 3.05) is 11.4 Å². The molecule has 1 aromatic carbocycles. The van der Waals surface area contributed by atoms with Crippen LogP contribution in [0.2, 0.25) is 0 Å². The van der Waals surface area contributed by atoms with Crippen molar-refractivity contribution in [2.45, 2.75) is 52.6 Å². The number of rotatable bonds is 3. The molecule has 1 unspecified atom stereocenters. The fourth-order valence-corrected chi connectivity index (χ4v) is 2.57. The Balaban J connectivity index is 2.48. The summed E-state index contributed by atoms with van der Waals surface area (Å²) < 4.78 is 5.91. The number of nitrogens with zero attached hydrogens (tertiary/aromatic N) is 2. The smallest absolute Gasteiger partial charge is 0.268 e. The van der Waals surface area contributed by atoms with E-state index in [0.29, 0.717) is 13.0 Å². The third kappa shape index (κ3) is 3.09. The van der Waals surface area contributed by atoms with Crippen LogP contribution >= 0.6 is 0 Å². The van der Waals surface area contributed by atoms with Gasteiger partial charge in [0.05, 0.1) is 18.2 Å². The number of hydrogen-bond donors (Lipinski definition) is 0. The van der Waals surface area contributed by atoms with Gasteiger partial charge in [-0.15, -0.1) is 0 Å². The second kappa shape index (κ2) is 6.00. The Morgan fingerprint density at radius 2 is 2.05 bits per heavy atom. The van der Waals surface area contributed by atoms with Crippen molar-refractivity contribution < 1.29 is 9.53 Å². The first-order chi connectivity index (χ1) is 10.3. The Labute approximate surface area is 132 Å². The molecule has 1 aliphatic rings. The lowest BCUT2D eigenvalue weighted by molar-refractivity contribution is -0.128. The summed E-state index contributed by atoms with van der Waals surface area (Å²) in [6.45, 7) is 10.8. The molecule has 0 aliphatic carbocycles. The molecule has 0 aromatic heterocycles. The Morgan fingerprint density at radius 1 is 1.36 bits per heavy atom. The van der Waals surface area contributed by atoms with Crippen LogP contribution in [-0.4, -0.2) is 18.6 Å². The zero-order valence-electron chi connectivity index (χ0n) is 14.0. The van der Waals surface area contributed by atoms with Crippen molar-refractivity contribution in [3.05, 3.63) is 23.8 Å². The Hall–Kier alpha value is -2.02. The molecule has 1 heterocycles. The van der Waals surface area contributed by atoms with Crippen LogP contribution in [0.3, 0.4) is 0 Å². The monoisotopic (exact) mass is 300 g/mol. The van der Waals surface area contributed by atoms with Gasteiger partial charge in [-0.2, -0.15) is 5.26 Å². The van der Waals surface area contributed by atoms with Gasteiger partial charge in [0, 0.05) is 6.54 Å². The fraction of sp³-hybridized carbons (Fsp3) is 0.556. The van der Waals surface area contributed by atoms with Gasteiger partial charge in [0.2, 0.25) is 0 Å². The Bertz CT molecular complexity index is 608. The predicted molar refractivity (Wildman–Crippen MR) is 87.0 cm³/mol. The standard InChI is InChI=1S/C18H24N2O2/c1-12(2)16-17(21)20(10-6-9-19)14-11-13(18(3,4)5)7-8-15(14)22-16/h7-8,11-12,16H,6,10H2,1-5H3. The van der Waals surface area contributed by atoms with Gasteiger partial charge in [0.15, 0.2) is 6.10 Å². The molecule has 22 heavy (non-hydrogen) atoms. The van der Waals surface area contributed by atoms with Gasteiger partial charge < -0.3 is 9.64 Å². The third-order valence-electron chi connectivity index (χ3n) is 3.93. The van der Waals surface area contributed by atoms with Gasteiger partial charge in [0.25, 0.3) is 5.91 Å². The summed E-state index contributed by atoms with van der Waals surface area (Å²) in [7, 11) is 0. The van der Waals surface area contributed by atoms with Gasteiger partial charge in [-0.3, -0.25) is 4.79 Å². The second-order valence-corrected chi connectivity index (χ2v) is 7.11. The van der Waals surface area contributed by atoms with Crippen LogP contribution in [0.25, 0.3) is 0 Å². The van der Waals surface area contributed by atoms with E-state index in [1.165, 1.54) is 0 Å². The van der Waals surface area contributed by atoms with E-state index in [1.807, 2.05) is 26.0 Å². The molecule has 1 aromatic rings. The number of fused-ring (bicyclic) bond motifs is 1. The van der Waals surface area contributed by atoms with Crippen LogP contribution in [0.1, 0.15) is 46.6 Å². The summed E-state index contributed by atoms with van der Waals surface area (Å²) in [4.78, 5) is 14.4. The van der Waals surface area contributed by atoms with Gasteiger partial charge in [0.1, 0.15) is 5.75 Å². The molecule has 1 aliphatic heterocycles. The van der Waals surface area contributed by atoms with Crippen LogP contribution in [0.15, 0.2) is 18.2 Å². The summed E-state index contributed by atoms with van der Waals surface area (Å²) in [6.07, 6.45) is -0.165. The van der Waals surface area contributed by atoms with E-state index in [2.05, 4.69) is 32.9 Å². The lowest BCUT2D eigenvalue weighted by atomic mass is 9.86. The Morgan fingerprint density at radius 3 is 2.59 bits per heavy atom. The van der Waals surface area contributed by atoms with Crippen LogP contribution in [-0.2, 0) is 10.2 Å². The molecule has 0 N–H and O–H groups in total. The van der Waals surface area contributed by atoms with E-state index in [9.17, 15) is 4.79 Å². The number of carbonyl (C=O) groups is 1. The average molecular weight is 300 g/mol. The fourth-order valence-electron chi connectivity index (χ4n) is 2.57. The molecule has 4 nitrogen and oxygen atoms in total. The van der Waals surface area contributed by atoms with Crippen molar-refractivity contribution in [2.24, 2.45) is 5.92 Å². The van der Waals surface area contributed by atoms with Crippen molar-refractivity contribution in [1.82, 2.24) is 0 Å². The van der Waals surface area contributed by atoms with E-state index in [1.54, 1.807) is 4.90 Å². The summed E-state index contributed by atoms with van der Waals surface area (Å²) in [5, 5.41) is 8.87. The zero-order chi connectivity index (χ0) is 16.5. The van der Waals surface area contributed by atoms with Gasteiger partial charge in [-0.25, -0.2) is 0 Å².